The summed E-state index contributed by atoms with van der Waals surface area (Å²) >= 11 is 0. The number of piperidine rings is 1. The van der Waals surface area contributed by atoms with Gasteiger partial charge in [-0.05, 0) is 57.4 Å². The molecule has 19 heavy (non-hydrogen) atoms. The fraction of sp³-hybridized carbons (Fsp3) is 0.933. The van der Waals surface area contributed by atoms with Gasteiger partial charge in [0.2, 0.25) is 0 Å². The van der Waals surface area contributed by atoms with Gasteiger partial charge in [0.1, 0.15) is 6.04 Å². The maximum atomic E-state index is 11.3. The van der Waals surface area contributed by atoms with Crippen LogP contribution in [0.15, 0.2) is 0 Å². The Morgan fingerprint density at radius 3 is 2.74 bits per heavy atom. The van der Waals surface area contributed by atoms with E-state index in [1.807, 2.05) is 0 Å². The third-order valence-corrected chi connectivity index (χ3v) is 5.13. The minimum absolute atomic E-state index is 0.339. The minimum atomic E-state index is -0.674. The number of carboxylic acids is 1. The Morgan fingerprint density at radius 2 is 2.00 bits per heavy atom. The molecule has 0 aromatic heterocycles. The Labute approximate surface area is 115 Å². The summed E-state index contributed by atoms with van der Waals surface area (Å²) in [6, 6.07) is 0.889. The lowest BCUT2D eigenvalue weighted by Gasteiger charge is -2.38. The van der Waals surface area contributed by atoms with Gasteiger partial charge in [-0.25, -0.2) is 0 Å². The van der Waals surface area contributed by atoms with Crippen molar-refractivity contribution in [2.75, 3.05) is 13.1 Å². The SMILES string of the molecule is O=C(O)C(CCN1CCCC2CCCC21)NC1CC1. The van der Waals surface area contributed by atoms with Crippen molar-refractivity contribution in [1.82, 2.24) is 10.2 Å². The van der Waals surface area contributed by atoms with Crippen LogP contribution in [0.1, 0.15) is 51.4 Å². The monoisotopic (exact) mass is 266 g/mol. The zero-order chi connectivity index (χ0) is 13.2. The van der Waals surface area contributed by atoms with E-state index in [0.717, 1.165) is 37.8 Å². The summed E-state index contributed by atoms with van der Waals surface area (Å²) in [6.07, 6.45) is 9.85. The van der Waals surface area contributed by atoms with Crippen molar-refractivity contribution < 1.29 is 9.90 Å². The summed E-state index contributed by atoms with van der Waals surface area (Å²) in [5.74, 6) is 0.223. The molecule has 0 radical (unpaired) electrons. The number of fused-ring (bicyclic) bond motifs is 1. The quantitative estimate of drug-likeness (QED) is 0.770. The molecule has 3 rings (SSSR count). The van der Waals surface area contributed by atoms with Gasteiger partial charge >= 0.3 is 5.97 Å². The van der Waals surface area contributed by atoms with E-state index < -0.39 is 5.97 Å². The number of aliphatic carboxylic acids is 1. The van der Waals surface area contributed by atoms with Gasteiger partial charge in [0.15, 0.2) is 0 Å². The number of hydrogen-bond acceptors (Lipinski definition) is 3. The molecular formula is C15H26N2O2. The molecular weight excluding hydrogens is 240 g/mol. The van der Waals surface area contributed by atoms with E-state index in [-0.39, 0.29) is 6.04 Å². The van der Waals surface area contributed by atoms with E-state index in [0.29, 0.717) is 6.04 Å². The molecule has 2 N–H and O–H groups in total. The molecule has 108 valence electrons. The van der Waals surface area contributed by atoms with Gasteiger partial charge in [-0.2, -0.15) is 0 Å². The molecule has 4 heteroatoms. The third-order valence-electron chi connectivity index (χ3n) is 5.13. The Kier molecular flexibility index (Phi) is 4.08. The van der Waals surface area contributed by atoms with Gasteiger partial charge < -0.3 is 15.3 Å². The van der Waals surface area contributed by atoms with Gasteiger partial charge in [0.05, 0.1) is 0 Å². The summed E-state index contributed by atoms with van der Waals surface area (Å²) in [5, 5.41) is 12.5. The first-order valence-electron chi connectivity index (χ1n) is 7.97. The topological polar surface area (TPSA) is 52.6 Å². The second kappa shape index (κ2) is 5.80. The highest BCUT2D eigenvalue weighted by molar-refractivity contribution is 5.73. The molecule has 1 heterocycles. The van der Waals surface area contributed by atoms with E-state index in [1.54, 1.807) is 0 Å². The van der Waals surface area contributed by atoms with Crippen molar-refractivity contribution in [3.05, 3.63) is 0 Å². The highest BCUT2D eigenvalue weighted by atomic mass is 16.4. The van der Waals surface area contributed by atoms with Crippen LogP contribution >= 0.6 is 0 Å². The third kappa shape index (κ3) is 3.29. The van der Waals surface area contributed by atoms with Crippen molar-refractivity contribution in [1.29, 1.82) is 0 Å². The van der Waals surface area contributed by atoms with Crippen LogP contribution in [0, 0.1) is 5.92 Å². The number of carbonyl (C=O) groups is 1. The first kappa shape index (κ1) is 13.4. The van der Waals surface area contributed by atoms with Crippen LogP contribution < -0.4 is 5.32 Å². The fourth-order valence-corrected chi connectivity index (χ4v) is 3.94. The number of hydrogen-bond donors (Lipinski definition) is 2. The maximum absolute atomic E-state index is 11.3. The molecule has 1 aliphatic heterocycles. The number of rotatable bonds is 6. The van der Waals surface area contributed by atoms with Gasteiger partial charge in [0.25, 0.3) is 0 Å². The molecule has 0 amide bonds. The second-order valence-electron chi connectivity index (χ2n) is 6.56. The normalized spacial score (nSPS) is 33.1. The van der Waals surface area contributed by atoms with Crippen molar-refractivity contribution in [3.63, 3.8) is 0 Å². The van der Waals surface area contributed by atoms with Crippen LogP contribution in [0.5, 0.6) is 0 Å². The van der Waals surface area contributed by atoms with E-state index in [2.05, 4.69) is 10.2 Å². The molecule has 0 aromatic carbocycles. The zero-order valence-electron chi connectivity index (χ0n) is 11.7. The lowest BCUT2D eigenvalue weighted by atomic mass is 9.91. The fourth-order valence-electron chi connectivity index (χ4n) is 3.94. The van der Waals surface area contributed by atoms with Crippen LogP contribution in [-0.2, 0) is 4.79 Å². The van der Waals surface area contributed by atoms with Crippen molar-refractivity contribution >= 4 is 5.97 Å². The van der Waals surface area contributed by atoms with E-state index in [1.165, 1.54) is 38.6 Å². The number of nitrogens with zero attached hydrogens (tertiary/aromatic N) is 1. The highest BCUT2D eigenvalue weighted by Crippen LogP contribution is 2.36. The first-order chi connectivity index (χ1) is 9.24. The number of nitrogens with one attached hydrogen (secondary N) is 1. The molecule has 3 unspecified atom stereocenters. The van der Waals surface area contributed by atoms with E-state index in [9.17, 15) is 9.90 Å². The van der Waals surface area contributed by atoms with E-state index >= 15 is 0 Å². The van der Waals surface area contributed by atoms with Crippen LogP contribution in [0.25, 0.3) is 0 Å². The summed E-state index contributed by atoms with van der Waals surface area (Å²) < 4.78 is 0. The second-order valence-corrected chi connectivity index (χ2v) is 6.56. The molecule has 2 saturated carbocycles. The van der Waals surface area contributed by atoms with Crippen molar-refractivity contribution in [2.24, 2.45) is 5.92 Å². The number of likely N-dealkylation sites (tertiary alicyclic amines) is 1. The molecule has 2 aliphatic carbocycles. The van der Waals surface area contributed by atoms with Crippen molar-refractivity contribution in [3.8, 4) is 0 Å². The maximum Gasteiger partial charge on any atom is 0.320 e. The predicted octanol–water partition coefficient (Wildman–Crippen LogP) is 1.85. The highest BCUT2D eigenvalue weighted by Gasteiger charge is 2.35. The Morgan fingerprint density at radius 1 is 1.21 bits per heavy atom. The summed E-state index contributed by atoms with van der Waals surface area (Å²) in [6.45, 7) is 2.13. The largest absolute Gasteiger partial charge is 0.480 e. The van der Waals surface area contributed by atoms with Crippen LogP contribution in [0.3, 0.4) is 0 Å². The van der Waals surface area contributed by atoms with E-state index in [4.69, 9.17) is 0 Å². The lowest BCUT2D eigenvalue weighted by Crippen LogP contribution is -2.46. The number of carboxylic acid groups (broad SMARTS) is 1. The van der Waals surface area contributed by atoms with Gasteiger partial charge in [-0.15, -0.1) is 0 Å². The van der Waals surface area contributed by atoms with Crippen LogP contribution in [0.4, 0.5) is 0 Å². The molecule has 3 aliphatic rings. The Hall–Kier alpha value is -0.610. The van der Waals surface area contributed by atoms with Crippen molar-refractivity contribution in [2.45, 2.75) is 69.5 Å². The lowest BCUT2D eigenvalue weighted by molar-refractivity contribution is -0.139. The van der Waals surface area contributed by atoms with Gasteiger partial charge in [-0.3, -0.25) is 4.79 Å². The summed E-state index contributed by atoms with van der Waals surface area (Å²) in [5.41, 5.74) is 0. The zero-order valence-corrected chi connectivity index (χ0v) is 11.7. The molecule has 0 bridgehead atoms. The minimum Gasteiger partial charge on any atom is -0.480 e. The predicted molar refractivity (Wildman–Crippen MR) is 74.1 cm³/mol. The smallest absolute Gasteiger partial charge is 0.320 e. The van der Waals surface area contributed by atoms with Crippen LogP contribution in [-0.4, -0.2) is 47.2 Å². The molecule has 1 saturated heterocycles. The Balaban J connectivity index is 1.50. The summed E-state index contributed by atoms with van der Waals surface area (Å²) in [4.78, 5) is 13.9. The van der Waals surface area contributed by atoms with Gasteiger partial charge in [0, 0.05) is 18.6 Å². The van der Waals surface area contributed by atoms with Crippen LogP contribution in [0.2, 0.25) is 0 Å². The summed E-state index contributed by atoms with van der Waals surface area (Å²) in [7, 11) is 0. The molecule has 3 atom stereocenters. The average molecular weight is 266 g/mol. The molecule has 3 fully saturated rings. The average Bonchev–Trinajstić information content (AvgIpc) is 3.08. The molecule has 4 nitrogen and oxygen atoms in total. The molecule has 0 spiro atoms. The Bertz CT molecular complexity index is 330. The standard InChI is InChI=1S/C15H26N2O2/c18-15(19)13(16-12-6-7-12)8-10-17-9-2-4-11-3-1-5-14(11)17/h11-14,16H,1-10H2,(H,18,19). The first-order valence-corrected chi connectivity index (χ1v) is 7.97. The molecule has 0 aromatic rings. The van der Waals surface area contributed by atoms with Gasteiger partial charge in [-0.1, -0.05) is 6.42 Å².